The number of aryl methyl sites for hydroxylation is 1. The van der Waals surface area contributed by atoms with Crippen molar-refractivity contribution in [3.8, 4) is 11.3 Å². The first-order chi connectivity index (χ1) is 7.86. The third kappa shape index (κ3) is 1.42. The first-order valence-corrected chi connectivity index (χ1v) is 5.59. The van der Waals surface area contributed by atoms with Crippen LogP contribution in [0.4, 0.5) is 0 Å². The fraction of sp³-hybridized carbons (Fsp3) is 0.333. The molecule has 3 rings (SSSR count). The van der Waals surface area contributed by atoms with E-state index < -0.39 is 0 Å². The Morgan fingerprint density at radius 3 is 2.94 bits per heavy atom. The third-order valence-corrected chi connectivity index (χ3v) is 3.15. The van der Waals surface area contributed by atoms with Gasteiger partial charge in [-0.1, -0.05) is 0 Å². The molecular formula is C12H14N4. The number of H-pyrrole nitrogens is 1. The zero-order chi connectivity index (χ0) is 11.0. The summed E-state index contributed by atoms with van der Waals surface area (Å²) >= 11 is 0. The first kappa shape index (κ1) is 9.54. The Labute approximate surface area is 93.9 Å². The quantitative estimate of drug-likeness (QED) is 0.760. The number of aromatic amines is 1. The molecular weight excluding hydrogens is 200 g/mol. The van der Waals surface area contributed by atoms with E-state index in [-0.39, 0.29) is 6.04 Å². The van der Waals surface area contributed by atoms with Crippen molar-refractivity contribution in [2.45, 2.75) is 25.3 Å². The average Bonchev–Trinajstić information content (AvgIpc) is 2.75. The van der Waals surface area contributed by atoms with Gasteiger partial charge in [-0.2, -0.15) is 5.10 Å². The van der Waals surface area contributed by atoms with Crippen LogP contribution in [0.2, 0.25) is 0 Å². The van der Waals surface area contributed by atoms with Gasteiger partial charge in [0.2, 0.25) is 0 Å². The number of nitrogens with zero attached hydrogens (tertiary/aromatic N) is 2. The SMILES string of the molecule is N[C@@H]1CCCc2[nH]nc(-c3ccncc3)c21. The third-order valence-electron chi connectivity index (χ3n) is 3.15. The Morgan fingerprint density at radius 1 is 1.31 bits per heavy atom. The van der Waals surface area contributed by atoms with E-state index in [9.17, 15) is 0 Å². The van der Waals surface area contributed by atoms with Gasteiger partial charge in [-0.15, -0.1) is 0 Å². The summed E-state index contributed by atoms with van der Waals surface area (Å²) in [5, 5.41) is 7.49. The zero-order valence-electron chi connectivity index (χ0n) is 8.98. The number of hydrogen-bond donors (Lipinski definition) is 2. The lowest BCUT2D eigenvalue weighted by Crippen LogP contribution is -2.17. The van der Waals surface area contributed by atoms with Crippen molar-refractivity contribution in [3.05, 3.63) is 35.8 Å². The lowest BCUT2D eigenvalue weighted by Gasteiger charge is -2.18. The van der Waals surface area contributed by atoms with Crippen LogP contribution in [0.15, 0.2) is 24.5 Å². The van der Waals surface area contributed by atoms with Gasteiger partial charge in [0.25, 0.3) is 0 Å². The highest BCUT2D eigenvalue weighted by Gasteiger charge is 2.23. The van der Waals surface area contributed by atoms with Crippen LogP contribution < -0.4 is 5.73 Å². The molecule has 4 heteroatoms. The van der Waals surface area contributed by atoms with E-state index in [4.69, 9.17) is 5.73 Å². The first-order valence-electron chi connectivity index (χ1n) is 5.59. The van der Waals surface area contributed by atoms with Gasteiger partial charge < -0.3 is 5.73 Å². The number of pyridine rings is 1. The van der Waals surface area contributed by atoms with Crippen molar-refractivity contribution in [2.75, 3.05) is 0 Å². The van der Waals surface area contributed by atoms with E-state index in [2.05, 4.69) is 15.2 Å². The van der Waals surface area contributed by atoms with Gasteiger partial charge in [0.05, 0.1) is 5.69 Å². The second-order valence-electron chi connectivity index (χ2n) is 4.20. The summed E-state index contributed by atoms with van der Waals surface area (Å²) in [6.07, 6.45) is 6.81. The van der Waals surface area contributed by atoms with Crippen LogP contribution in [-0.4, -0.2) is 15.2 Å². The lowest BCUT2D eigenvalue weighted by atomic mass is 9.90. The molecule has 0 amide bonds. The smallest absolute Gasteiger partial charge is 0.0972 e. The molecule has 4 nitrogen and oxygen atoms in total. The number of aromatic nitrogens is 3. The molecule has 0 aromatic carbocycles. The van der Waals surface area contributed by atoms with Crippen LogP contribution in [-0.2, 0) is 6.42 Å². The number of nitrogens with one attached hydrogen (secondary N) is 1. The summed E-state index contributed by atoms with van der Waals surface area (Å²) in [7, 11) is 0. The maximum atomic E-state index is 6.15. The van der Waals surface area contributed by atoms with E-state index in [0.717, 1.165) is 30.5 Å². The molecule has 82 valence electrons. The van der Waals surface area contributed by atoms with E-state index in [1.165, 1.54) is 11.3 Å². The number of rotatable bonds is 1. The topological polar surface area (TPSA) is 67.6 Å². The molecule has 2 heterocycles. The van der Waals surface area contributed by atoms with Gasteiger partial charge in [-0.3, -0.25) is 10.1 Å². The summed E-state index contributed by atoms with van der Waals surface area (Å²) < 4.78 is 0. The largest absolute Gasteiger partial charge is 0.324 e. The molecule has 2 aromatic heterocycles. The molecule has 0 radical (unpaired) electrons. The minimum atomic E-state index is 0.116. The van der Waals surface area contributed by atoms with Crippen molar-refractivity contribution in [3.63, 3.8) is 0 Å². The summed E-state index contributed by atoms with van der Waals surface area (Å²) in [6.45, 7) is 0. The zero-order valence-corrected chi connectivity index (χ0v) is 8.98. The van der Waals surface area contributed by atoms with Gasteiger partial charge in [0, 0.05) is 35.3 Å². The molecule has 1 aliphatic carbocycles. The predicted molar refractivity (Wildman–Crippen MR) is 61.7 cm³/mol. The van der Waals surface area contributed by atoms with E-state index in [0.29, 0.717) is 0 Å². The molecule has 1 aliphatic rings. The molecule has 16 heavy (non-hydrogen) atoms. The van der Waals surface area contributed by atoms with Gasteiger partial charge in [0.1, 0.15) is 0 Å². The van der Waals surface area contributed by atoms with Crippen LogP contribution in [0.1, 0.15) is 30.1 Å². The van der Waals surface area contributed by atoms with Gasteiger partial charge in [-0.05, 0) is 31.4 Å². The number of fused-ring (bicyclic) bond motifs is 1. The van der Waals surface area contributed by atoms with Crippen LogP contribution >= 0.6 is 0 Å². The molecule has 3 N–H and O–H groups in total. The van der Waals surface area contributed by atoms with Crippen LogP contribution in [0, 0.1) is 0 Å². The molecule has 2 aromatic rings. The second kappa shape index (κ2) is 3.72. The Bertz CT molecular complexity index is 489. The number of hydrogen-bond acceptors (Lipinski definition) is 3. The Kier molecular flexibility index (Phi) is 2.22. The van der Waals surface area contributed by atoms with Gasteiger partial charge in [0.15, 0.2) is 0 Å². The van der Waals surface area contributed by atoms with E-state index in [1.54, 1.807) is 12.4 Å². The van der Waals surface area contributed by atoms with Crippen LogP contribution in [0.3, 0.4) is 0 Å². The fourth-order valence-corrected chi connectivity index (χ4v) is 2.35. The molecule has 0 saturated carbocycles. The maximum absolute atomic E-state index is 6.15. The normalized spacial score (nSPS) is 19.4. The number of nitrogens with two attached hydrogens (primary N) is 1. The minimum absolute atomic E-state index is 0.116. The Balaban J connectivity index is 2.13. The Morgan fingerprint density at radius 2 is 2.12 bits per heavy atom. The highest BCUT2D eigenvalue weighted by molar-refractivity contribution is 5.64. The van der Waals surface area contributed by atoms with Gasteiger partial charge >= 0.3 is 0 Å². The highest BCUT2D eigenvalue weighted by atomic mass is 15.1. The summed E-state index contributed by atoms with van der Waals surface area (Å²) in [5.41, 5.74) is 10.6. The van der Waals surface area contributed by atoms with Crippen molar-refractivity contribution in [1.82, 2.24) is 15.2 Å². The van der Waals surface area contributed by atoms with Crippen molar-refractivity contribution in [2.24, 2.45) is 5.73 Å². The van der Waals surface area contributed by atoms with Crippen LogP contribution in [0.25, 0.3) is 11.3 Å². The maximum Gasteiger partial charge on any atom is 0.0972 e. The van der Waals surface area contributed by atoms with E-state index >= 15 is 0 Å². The molecule has 0 bridgehead atoms. The molecule has 0 fully saturated rings. The fourth-order valence-electron chi connectivity index (χ4n) is 2.35. The monoisotopic (exact) mass is 214 g/mol. The molecule has 0 unspecified atom stereocenters. The molecule has 0 saturated heterocycles. The molecule has 0 spiro atoms. The molecule has 1 atom stereocenters. The van der Waals surface area contributed by atoms with Crippen molar-refractivity contribution < 1.29 is 0 Å². The van der Waals surface area contributed by atoms with Crippen molar-refractivity contribution in [1.29, 1.82) is 0 Å². The summed E-state index contributed by atoms with van der Waals surface area (Å²) in [4.78, 5) is 4.02. The van der Waals surface area contributed by atoms with E-state index in [1.807, 2.05) is 12.1 Å². The van der Waals surface area contributed by atoms with Crippen LogP contribution in [0.5, 0.6) is 0 Å². The average molecular weight is 214 g/mol. The highest BCUT2D eigenvalue weighted by Crippen LogP contribution is 2.33. The standard InChI is InChI=1S/C12H14N4/c13-9-2-1-3-10-11(9)12(16-15-10)8-4-6-14-7-5-8/h4-7,9H,1-3,13H2,(H,15,16)/t9-/m1/s1. The minimum Gasteiger partial charge on any atom is -0.324 e. The van der Waals surface area contributed by atoms with Crippen molar-refractivity contribution >= 4 is 0 Å². The summed E-state index contributed by atoms with van der Waals surface area (Å²) in [6, 6.07) is 4.06. The predicted octanol–water partition coefficient (Wildman–Crippen LogP) is 1.81. The second-order valence-corrected chi connectivity index (χ2v) is 4.20. The summed E-state index contributed by atoms with van der Waals surface area (Å²) in [5.74, 6) is 0. The molecule has 0 aliphatic heterocycles. The van der Waals surface area contributed by atoms with Gasteiger partial charge in [-0.25, -0.2) is 0 Å². The Hall–Kier alpha value is -1.68. The lowest BCUT2D eigenvalue weighted by molar-refractivity contribution is 0.567.